The molecule has 1 fully saturated rings. The molecule has 0 spiro atoms. The summed E-state index contributed by atoms with van der Waals surface area (Å²) in [6.45, 7) is 0.166. The van der Waals surface area contributed by atoms with E-state index in [1.807, 2.05) is 49.3 Å². The van der Waals surface area contributed by atoms with Gasteiger partial charge in [0.2, 0.25) is 0 Å². The van der Waals surface area contributed by atoms with Crippen LogP contribution in [0, 0.1) is 0 Å². The van der Waals surface area contributed by atoms with Crippen LogP contribution < -0.4 is 9.64 Å². The number of hydrogen-bond acceptors (Lipinski definition) is 6. The van der Waals surface area contributed by atoms with E-state index in [-0.39, 0.29) is 17.9 Å². The van der Waals surface area contributed by atoms with Crippen LogP contribution in [0.2, 0.25) is 5.02 Å². The number of hydrogen-bond donors (Lipinski definition) is 1. The molecule has 2 heterocycles. The number of likely N-dealkylation sites (tertiary alicyclic amines) is 1. The zero-order valence-electron chi connectivity index (χ0n) is 19.0. The maximum atomic E-state index is 13.2. The molecule has 0 bridgehead atoms. The van der Waals surface area contributed by atoms with E-state index in [9.17, 15) is 14.7 Å². The third-order valence-electron chi connectivity index (χ3n) is 5.77. The SMILES string of the molecule is COc1cc(/C(O)=C2/C(=O)C(=O)N(Cc3cccnc3)C2c2ccc(N(C)C)cc2)ccc1Cl. The molecule has 1 aliphatic heterocycles. The van der Waals surface area contributed by atoms with Crippen LogP contribution in [0.5, 0.6) is 5.75 Å². The van der Waals surface area contributed by atoms with Gasteiger partial charge >= 0.3 is 0 Å². The van der Waals surface area contributed by atoms with Gasteiger partial charge in [-0.15, -0.1) is 0 Å². The number of halogens is 1. The minimum Gasteiger partial charge on any atom is -0.507 e. The Hall–Kier alpha value is -3.84. The van der Waals surface area contributed by atoms with E-state index in [4.69, 9.17) is 16.3 Å². The Bertz CT molecular complexity index is 1260. The molecule has 3 aromatic rings. The Morgan fingerprint density at radius 3 is 2.50 bits per heavy atom. The van der Waals surface area contributed by atoms with Crippen molar-refractivity contribution < 1.29 is 19.4 Å². The first-order chi connectivity index (χ1) is 16.3. The smallest absolute Gasteiger partial charge is 0.295 e. The van der Waals surface area contributed by atoms with Gasteiger partial charge in [0.15, 0.2) is 0 Å². The predicted molar refractivity (Wildman–Crippen MR) is 131 cm³/mol. The highest BCUT2D eigenvalue weighted by molar-refractivity contribution is 6.46. The molecule has 0 aliphatic carbocycles. The molecule has 0 radical (unpaired) electrons. The lowest BCUT2D eigenvalue weighted by Crippen LogP contribution is -2.29. The molecule has 2 aromatic carbocycles. The first-order valence-electron chi connectivity index (χ1n) is 10.6. The van der Waals surface area contributed by atoms with E-state index in [1.165, 1.54) is 12.0 Å². The highest BCUT2D eigenvalue weighted by atomic mass is 35.5. The summed E-state index contributed by atoms with van der Waals surface area (Å²) >= 11 is 6.13. The first-order valence-corrected chi connectivity index (χ1v) is 11.0. The number of aliphatic hydroxyl groups excluding tert-OH is 1. The topological polar surface area (TPSA) is 83.0 Å². The van der Waals surface area contributed by atoms with Crippen molar-refractivity contribution in [3.8, 4) is 5.75 Å². The molecule has 1 atom stereocenters. The van der Waals surface area contributed by atoms with Crippen molar-refractivity contribution in [3.63, 3.8) is 0 Å². The fraction of sp³-hybridized carbons (Fsp3) is 0.192. The van der Waals surface area contributed by atoms with Crippen LogP contribution in [0.1, 0.15) is 22.7 Å². The molecule has 1 aliphatic rings. The molecule has 0 saturated carbocycles. The average molecular weight is 478 g/mol. The third kappa shape index (κ3) is 4.34. The number of amides is 1. The number of methoxy groups -OCH3 is 1. The Morgan fingerprint density at radius 2 is 1.88 bits per heavy atom. The fourth-order valence-corrected chi connectivity index (χ4v) is 4.19. The monoisotopic (exact) mass is 477 g/mol. The summed E-state index contributed by atoms with van der Waals surface area (Å²) in [5.74, 6) is -1.38. The Labute approximate surface area is 202 Å². The van der Waals surface area contributed by atoms with E-state index in [0.29, 0.717) is 21.9 Å². The molecule has 1 unspecified atom stereocenters. The molecule has 174 valence electrons. The summed E-state index contributed by atoms with van der Waals surface area (Å²) in [6, 6.07) is 15.1. The average Bonchev–Trinajstić information content (AvgIpc) is 3.09. The fourth-order valence-electron chi connectivity index (χ4n) is 4.00. The molecule has 1 saturated heterocycles. The Kier molecular flexibility index (Phi) is 6.56. The summed E-state index contributed by atoms with van der Waals surface area (Å²) < 4.78 is 5.25. The van der Waals surface area contributed by atoms with Gasteiger partial charge in [-0.2, -0.15) is 0 Å². The van der Waals surface area contributed by atoms with Crippen LogP contribution >= 0.6 is 11.6 Å². The normalized spacial score (nSPS) is 17.2. The molecule has 34 heavy (non-hydrogen) atoms. The van der Waals surface area contributed by atoms with Crippen molar-refractivity contribution in [2.24, 2.45) is 0 Å². The van der Waals surface area contributed by atoms with Crippen LogP contribution in [-0.4, -0.2) is 47.9 Å². The van der Waals surface area contributed by atoms with Crippen LogP contribution in [0.25, 0.3) is 5.76 Å². The summed E-state index contributed by atoms with van der Waals surface area (Å²) in [4.78, 5) is 33.9. The number of nitrogens with zero attached hydrogens (tertiary/aromatic N) is 3. The van der Waals surface area contributed by atoms with E-state index < -0.39 is 17.7 Å². The zero-order chi connectivity index (χ0) is 24.4. The molecular formula is C26H24ClN3O4. The minimum atomic E-state index is -0.780. The quantitative estimate of drug-likeness (QED) is 0.321. The number of anilines is 1. The number of ether oxygens (including phenoxy) is 1. The lowest BCUT2D eigenvalue weighted by atomic mass is 9.95. The maximum Gasteiger partial charge on any atom is 0.295 e. The Balaban J connectivity index is 1.86. The first kappa shape index (κ1) is 23.3. The summed E-state index contributed by atoms with van der Waals surface area (Å²) in [6.07, 6.45) is 3.29. The molecule has 1 aromatic heterocycles. The highest BCUT2D eigenvalue weighted by Gasteiger charge is 2.46. The molecule has 8 heteroatoms. The highest BCUT2D eigenvalue weighted by Crippen LogP contribution is 2.41. The van der Waals surface area contributed by atoms with E-state index in [0.717, 1.165) is 11.3 Å². The van der Waals surface area contributed by atoms with Gasteiger partial charge in [0.05, 0.1) is 23.7 Å². The maximum absolute atomic E-state index is 13.2. The lowest BCUT2D eigenvalue weighted by Gasteiger charge is -2.26. The van der Waals surface area contributed by atoms with Gasteiger partial charge in [-0.3, -0.25) is 14.6 Å². The number of pyridine rings is 1. The molecule has 7 nitrogen and oxygen atoms in total. The lowest BCUT2D eigenvalue weighted by molar-refractivity contribution is -0.140. The molecular weight excluding hydrogens is 454 g/mol. The van der Waals surface area contributed by atoms with Crippen LogP contribution in [-0.2, 0) is 16.1 Å². The number of rotatable bonds is 6. The number of aromatic nitrogens is 1. The number of aliphatic hydroxyl groups is 1. The predicted octanol–water partition coefficient (Wildman–Crippen LogP) is 4.43. The van der Waals surface area contributed by atoms with Gasteiger partial charge in [0.25, 0.3) is 11.7 Å². The van der Waals surface area contributed by atoms with E-state index in [1.54, 1.807) is 36.7 Å². The number of Topliss-reactive ketones (excluding diaryl/α,β-unsaturated/α-hetero) is 1. The molecule has 1 amide bonds. The largest absolute Gasteiger partial charge is 0.507 e. The van der Waals surface area contributed by atoms with Gasteiger partial charge < -0.3 is 19.6 Å². The van der Waals surface area contributed by atoms with Crippen molar-refractivity contribution in [1.29, 1.82) is 0 Å². The summed E-state index contributed by atoms with van der Waals surface area (Å²) in [7, 11) is 5.32. The van der Waals surface area contributed by atoms with Crippen molar-refractivity contribution in [3.05, 3.63) is 94.3 Å². The van der Waals surface area contributed by atoms with Gasteiger partial charge in [-0.1, -0.05) is 29.8 Å². The van der Waals surface area contributed by atoms with Crippen molar-refractivity contribution in [1.82, 2.24) is 9.88 Å². The second-order valence-corrected chi connectivity index (χ2v) is 8.53. The van der Waals surface area contributed by atoms with E-state index in [2.05, 4.69) is 4.98 Å². The zero-order valence-corrected chi connectivity index (χ0v) is 19.8. The second-order valence-electron chi connectivity index (χ2n) is 8.12. The van der Waals surface area contributed by atoms with Gasteiger partial charge in [0.1, 0.15) is 11.5 Å². The molecule has 1 N–H and O–H groups in total. The summed E-state index contributed by atoms with van der Waals surface area (Å²) in [5.41, 5.74) is 2.78. The number of ketones is 1. The van der Waals surface area contributed by atoms with Gasteiger partial charge in [-0.05, 0) is 47.5 Å². The van der Waals surface area contributed by atoms with Crippen molar-refractivity contribution >= 4 is 34.7 Å². The number of carbonyl (C=O) groups is 2. The van der Waals surface area contributed by atoms with Crippen molar-refractivity contribution in [2.75, 3.05) is 26.1 Å². The second kappa shape index (κ2) is 9.57. The molecule has 4 rings (SSSR count). The standard InChI is InChI=1S/C26H24ClN3O4/c1-29(2)19-9-6-17(7-10-19)23-22(24(31)18-8-11-20(27)21(13-18)34-3)25(32)26(33)30(23)15-16-5-4-12-28-14-16/h4-14,23,31H,15H2,1-3H3/b24-22-. The van der Waals surface area contributed by atoms with Crippen molar-refractivity contribution in [2.45, 2.75) is 12.6 Å². The van der Waals surface area contributed by atoms with Crippen LogP contribution in [0.15, 0.2) is 72.6 Å². The summed E-state index contributed by atoms with van der Waals surface area (Å²) in [5, 5.41) is 11.6. The Morgan fingerprint density at radius 1 is 1.15 bits per heavy atom. The van der Waals surface area contributed by atoms with Gasteiger partial charge in [-0.25, -0.2) is 0 Å². The minimum absolute atomic E-state index is 0.0101. The van der Waals surface area contributed by atoms with Crippen LogP contribution in [0.4, 0.5) is 5.69 Å². The third-order valence-corrected chi connectivity index (χ3v) is 6.08. The van der Waals surface area contributed by atoms with E-state index >= 15 is 0 Å². The van der Waals surface area contributed by atoms with Crippen LogP contribution in [0.3, 0.4) is 0 Å². The number of carbonyl (C=O) groups excluding carboxylic acids is 2. The van der Waals surface area contributed by atoms with Gasteiger partial charge in [0, 0.05) is 44.3 Å². The number of benzene rings is 2.